The standard InChI is InChI=1S/C6H9N3O2/c1-9(2)6(10)4-3-5(7)8-11-4/h3H,1-2H3,(H2,7,8). The Bertz CT molecular complexity index is 267. The van der Waals surface area contributed by atoms with Crippen molar-refractivity contribution in [1.29, 1.82) is 0 Å². The van der Waals surface area contributed by atoms with Crippen LogP contribution in [0.15, 0.2) is 10.6 Å². The van der Waals surface area contributed by atoms with Crippen LogP contribution in [0.1, 0.15) is 10.6 Å². The number of rotatable bonds is 1. The lowest BCUT2D eigenvalue weighted by Crippen LogP contribution is -2.20. The van der Waals surface area contributed by atoms with Crippen LogP contribution < -0.4 is 5.73 Å². The molecule has 11 heavy (non-hydrogen) atoms. The third-order valence-corrected chi connectivity index (χ3v) is 1.15. The third kappa shape index (κ3) is 1.49. The fraction of sp³-hybridized carbons (Fsp3) is 0.333. The Balaban J connectivity index is 2.85. The number of aromatic nitrogens is 1. The first-order valence-corrected chi connectivity index (χ1v) is 3.05. The first-order valence-electron chi connectivity index (χ1n) is 3.05. The fourth-order valence-electron chi connectivity index (χ4n) is 0.610. The summed E-state index contributed by atoms with van der Waals surface area (Å²) in [5.41, 5.74) is 5.24. The predicted octanol–water partition coefficient (Wildman–Crippen LogP) is -0.0414. The number of nitrogen functional groups attached to an aromatic ring is 1. The lowest BCUT2D eigenvalue weighted by atomic mass is 10.4. The number of hydrogen-bond donors (Lipinski definition) is 1. The summed E-state index contributed by atoms with van der Waals surface area (Å²) in [5.74, 6) is 0.136. The minimum absolute atomic E-state index is 0.160. The molecule has 0 spiro atoms. The number of hydrogen-bond acceptors (Lipinski definition) is 4. The molecule has 0 bridgehead atoms. The van der Waals surface area contributed by atoms with Crippen molar-refractivity contribution in [2.75, 3.05) is 19.8 Å². The number of nitrogens with two attached hydrogens (primary N) is 1. The zero-order chi connectivity index (χ0) is 8.43. The van der Waals surface area contributed by atoms with Crippen LogP contribution in [0.3, 0.4) is 0 Å². The summed E-state index contributed by atoms with van der Waals surface area (Å²) in [7, 11) is 3.25. The maximum Gasteiger partial charge on any atom is 0.292 e. The average Bonchev–Trinajstić information content (AvgIpc) is 2.34. The topological polar surface area (TPSA) is 72.4 Å². The zero-order valence-electron chi connectivity index (χ0n) is 6.37. The van der Waals surface area contributed by atoms with Crippen LogP contribution in [0, 0.1) is 0 Å². The van der Waals surface area contributed by atoms with Gasteiger partial charge in [0.1, 0.15) is 0 Å². The molecule has 1 rings (SSSR count). The summed E-state index contributed by atoms with van der Waals surface area (Å²) in [4.78, 5) is 12.5. The normalized spacial score (nSPS) is 9.64. The van der Waals surface area contributed by atoms with E-state index in [9.17, 15) is 4.79 Å². The van der Waals surface area contributed by atoms with Gasteiger partial charge < -0.3 is 15.2 Å². The first-order chi connectivity index (χ1) is 5.11. The molecule has 0 fully saturated rings. The maximum atomic E-state index is 11.1. The van der Waals surface area contributed by atoms with Crippen molar-refractivity contribution in [1.82, 2.24) is 10.1 Å². The van der Waals surface area contributed by atoms with E-state index in [1.165, 1.54) is 11.0 Å². The van der Waals surface area contributed by atoms with Crippen LogP contribution >= 0.6 is 0 Å². The smallest absolute Gasteiger partial charge is 0.292 e. The molecule has 60 valence electrons. The molecule has 0 aliphatic heterocycles. The van der Waals surface area contributed by atoms with Gasteiger partial charge in [0.15, 0.2) is 5.82 Å². The highest BCUT2D eigenvalue weighted by Crippen LogP contribution is 2.05. The van der Waals surface area contributed by atoms with Crippen LogP contribution in [-0.4, -0.2) is 30.1 Å². The average molecular weight is 155 g/mol. The molecule has 0 unspecified atom stereocenters. The van der Waals surface area contributed by atoms with Crippen molar-refractivity contribution in [2.45, 2.75) is 0 Å². The summed E-state index contributed by atoms with van der Waals surface area (Å²) in [5, 5.41) is 3.38. The molecule has 5 heteroatoms. The molecule has 1 amide bonds. The molecule has 5 nitrogen and oxygen atoms in total. The van der Waals surface area contributed by atoms with Gasteiger partial charge in [-0.05, 0) is 0 Å². The van der Waals surface area contributed by atoms with E-state index < -0.39 is 0 Å². The number of carbonyl (C=O) groups is 1. The van der Waals surface area contributed by atoms with Gasteiger partial charge in [-0.2, -0.15) is 0 Å². The van der Waals surface area contributed by atoms with Gasteiger partial charge in [-0.1, -0.05) is 5.16 Å². The van der Waals surface area contributed by atoms with E-state index >= 15 is 0 Å². The third-order valence-electron chi connectivity index (χ3n) is 1.15. The van der Waals surface area contributed by atoms with E-state index in [4.69, 9.17) is 5.73 Å². The van der Waals surface area contributed by atoms with Crippen molar-refractivity contribution in [3.05, 3.63) is 11.8 Å². The van der Waals surface area contributed by atoms with Gasteiger partial charge in [0.05, 0.1) is 0 Å². The van der Waals surface area contributed by atoms with Crippen molar-refractivity contribution in [3.63, 3.8) is 0 Å². The van der Waals surface area contributed by atoms with E-state index in [1.54, 1.807) is 14.1 Å². The lowest BCUT2D eigenvalue weighted by molar-refractivity contribution is 0.0787. The van der Waals surface area contributed by atoms with Gasteiger partial charge >= 0.3 is 0 Å². The SMILES string of the molecule is CN(C)C(=O)c1cc(N)no1. The molecule has 1 aromatic heterocycles. The molecule has 0 radical (unpaired) electrons. The molecular weight excluding hydrogens is 146 g/mol. The van der Waals surface area contributed by atoms with Crippen LogP contribution in [0.5, 0.6) is 0 Å². The summed E-state index contributed by atoms with van der Waals surface area (Å²) in [6, 6.07) is 1.39. The van der Waals surface area contributed by atoms with Crippen molar-refractivity contribution in [3.8, 4) is 0 Å². The summed E-state index contributed by atoms with van der Waals surface area (Å²) < 4.78 is 4.62. The zero-order valence-corrected chi connectivity index (χ0v) is 6.37. The highest BCUT2D eigenvalue weighted by Gasteiger charge is 2.12. The summed E-state index contributed by atoms with van der Waals surface area (Å²) >= 11 is 0. The molecule has 1 heterocycles. The quantitative estimate of drug-likeness (QED) is 0.617. The van der Waals surface area contributed by atoms with Crippen molar-refractivity contribution in [2.24, 2.45) is 0 Å². The van der Waals surface area contributed by atoms with E-state index in [0.29, 0.717) is 0 Å². The second-order valence-corrected chi connectivity index (χ2v) is 2.32. The second-order valence-electron chi connectivity index (χ2n) is 2.32. The molecule has 0 aliphatic rings. The number of nitrogens with zero attached hydrogens (tertiary/aromatic N) is 2. The minimum Gasteiger partial charge on any atom is -0.381 e. The van der Waals surface area contributed by atoms with Gasteiger partial charge in [0, 0.05) is 20.2 Å². The molecule has 2 N–H and O–H groups in total. The Hall–Kier alpha value is -1.52. The van der Waals surface area contributed by atoms with Crippen LogP contribution in [-0.2, 0) is 0 Å². The highest BCUT2D eigenvalue weighted by atomic mass is 16.5. The Labute approximate surface area is 63.8 Å². The van der Waals surface area contributed by atoms with E-state index in [1.807, 2.05) is 0 Å². The number of carbonyl (C=O) groups excluding carboxylic acids is 1. The Kier molecular flexibility index (Phi) is 1.80. The second kappa shape index (κ2) is 2.61. The monoisotopic (exact) mass is 155 g/mol. The molecular formula is C6H9N3O2. The van der Waals surface area contributed by atoms with E-state index in [0.717, 1.165) is 0 Å². The molecule has 0 atom stereocenters. The van der Waals surface area contributed by atoms with Gasteiger partial charge in [0.2, 0.25) is 5.76 Å². The Morgan fingerprint density at radius 2 is 2.36 bits per heavy atom. The molecule has 0 aromatic carbocycles. The number of amides is 1. The van der Waals surface area contributed by atoms with Crippen LogP contribution in [0.2, 0.25) is 0 Å². The minimum atomic E-state index is -0.241. The molecule has 0 saturated carbocycles. The van der Waals surface area contributed by atoms with Crippen LogP contribution in [0.4, 0.5) is 5.82 Å². The molecule has 0 saturated heterocycles. The maximum absolute atomic E-state index is 11.1. The van der Waals surface area contributed by atoms with Gasteiger partial charge in [0.25, 0.3) is 5.91 Å². The van der Waals surface area contributed by atoms with Crippen molar-refractivity contribution < 1.29 is 9.32 Å². The Morgan fingerprint density at radius 1 is 1.73 bits per heavy atom. The fourth-order valence-corrected chi connectivity index (χ4v) is 0.610. The van der Waals surface area contributed by atoms with E-state index in [-0.39, 0.29) is 17.5 Å². The van der Waals surface area contributed by atoms with Gasteiger partial charge in [-0.15, -0.1) is 0 Å². The molecule has 1 aromatic rings. The van der Waals surface area contributed by atoms with Gasteiger partial charge in [-0.3, -0.25) is 4.79 Å². The van der Waals surface area contributed by atoms with Crippen LogP contribution in [0.25, 0.3) is 0 Å². The number of anilines is 1. The van der Waals surface area contributed by atoms with Crippen molar-refractivity contribution >= 4 is 11.7 Å². The molecule has 0 aliphatic carbocycles. The van der Waals surface area contributed by atoms with Gasteiger partial charge in [-0.25, -0.2) is 0 Å². The van der Waals surface area contributed by atoms with E-state index in [2.05, 4.69) is 9.68 Å². The lowest BCUT2D eigenvalue weighted by Gasteiger charge is -2.05. The summed E-state index contributed by atoms with van der Waals surface area (Å²) in [6.45, 7) is 0. The Morgan fingerprint density at radius 3 is 2.73 bits per heavy atom. The highest BCUT2D eigenvalue weighted by molar-refractivity contribution is 5.91. The summed E-state index contributed by atoms with van der Waals surface area (Å²) in [6.07, 6.45) is 0. The largest absolute Gasteiger partial charge is 0.381 e. The predicted molar refractivity (Wildman–Crippen MR) is 38.9 cm³/mol. The first kappa shape index (κ1) is 7.59.